The first-order valence-corrected chi connectivity index (χ1v) is 6.59. The molecule has 0 unspecified atom stereocenters. The van der Waals surface area contributed by atoms with Crippen LogP contribution in [0.1, 0.15) is 5.56 Å². The second-order valence-electron chi connectivity index (χ2n) is 4.30. The molecule has 19 heavy (non-hydrogen) atoms. The van der Waals surface area contributed by atoms with Crippen molar-refractivity contribution in [1.82, 2.24) is 9.55 Å². The van der Waals surface area contributed by atoms with E-state index in [4.69, 9.17) is 5.73 Å². The van der Waals surface area contributed by atoms with Gasteiger partial charge in [0.25, 0.3) is 0 Å². The molecular formula is C14H11BrFN3. The van der Waals surface area contributed by atoms with E-state index in [1.54, 1.807) is 10.6 Å². The number of hydrogen-bond acceptors (Lipinski definition) is 2. The first-order valence-electron chi connectivity index (χ1n) is 5.80. The molecule has 3 rings (SSSR count). The van der Waals surface area contributed by atoms with Gasteiger partial charge in [0.2, 0.25) is 5.95 Å². The highest BCUT2D eigenvalue weighted by molar-refractivity contribution is 9.10. The van der Waals surface area contributed by atoms with Crippen molar-refractivity contribution >= 4 is 32.9 Å². The van der Waals surface area contributed by atoms with Crippen LogP contribution < -0.4 is 5.73 Å². The molecule has 1 heterocycles. The molecule has 0 amide bonds. The molecule has 0 saturated heterocycles. The van der Waals surface area contributed by atoms with Gasteiger partial charge in [-0.25, -0.2) is 9.37 Å². The van der Waals surface area contributed by atoms with E-state index < -0.39 is 0 Å². The smallest absolute Gasteiger partial charge is 0.201 e. The molecule has 0 aliphatic rings. The molecule has 96 valence electrons. The van der Waals surface area contributed by atoms with Crippen molar-refractivity contribution in [2.75, 3.05) is 5.73 Å². The monoisotopic (exact) mass is 319 g/mol. The largest absolute Gasteiger partial charge is 0.369 e. The number of halogens is 2. The van der Waals surface area contributed by atoms with Gasteiger partial charge in [0, 0.05) is 6.07 Å². The number of aromatic nitrogens is 2. The molecule has 0 radical (unpaired) electrons. The first-order chi connectivity index (χ1) is 9.15. The van der Waals surface area contributed by atoms with E-state index in [2.05, 4.69) is 20.9 Å². The Balaban J connectivity index is 2.13. The number of nitrogen functional groups attached to an aromatic ring is 1. The van der Waals surface area contributed by atoms with Crippen LogP contribution in [-0.2, 0) is 6.54 Å². The minimum Gasteiger partial charge on any atom is -0.369 e. The Kier molecular flexibility index (Phi) is 2.98. The van der Waals surface area contributed by atoms with Gasteiger partial charge in [0.15, 0.2) is 0 Å². The zero-order valence-corrected chi connectivity index (χ0v) is 11.6. The van der Waals surface area contributed by atoms with Gasteiger partial charge in [-0.15, -0.1) is 0 Å². The number of benzene rings is 2. The average molecular weight is 320 g/mol. The molecule has 0 aliphatic carbocycles. The number of imidazole rings is 1. The molecule has 0 aliphatic heterocycles. The molecule has 3 nitrogen and oxygen atoms in total. The van der Waals surface area contributed by atoms with Crippen LogP contribution in [0.15, 0.2) is 46.9 Å². The molecule has 0 fully saturated rings. The summed E-state index contributed by atoms with van der Waals surface area (Å²) in [6.07, 6.45) is 0. The lowest BCUT2D eigenvalue weighted by atomic mass is 10.2. The van der Waals surface area contributed by atoms with Gasteiger partial charge >= 0.3 is 0 Å². The fourth-order valence-corrected chi connectivity index (χ4v) is 2.40. The third-order valence-corrected chi connectivity index (χ3v) is 3.61. The Labute approximate surface area is 118 Å². The lowest BCUT2D eigenvalue weighted by molar-refractivity contribution is 0.622. The predicted molar refractivity (Wildman–Crippen MR) is 77.3 cm³/mol. The fourth-order valence-electron chi connectivity index (χ4n) is 2.07. The fraction of sp³-hybridized carbons (Fsp3) is 0.0714. The maximum absolute atomic E-state index is 13.6. The third kappa shape index (κ3) is 2.21. The number of nitrogens with two attached hydrogens (primary N) is 1. The molecule has 0 atom stereocenters. The molecule has 3 aromatic rings. The van der Waals surface area contributed by atoms with Gasteiger partial charge in [-0.3, -0.25) is 0 Å². The van der Waals surface area contributed by atoms with Crippen molar-refractivity contribution in [3.8, 4) is 0 Å². The summed E-state index contributed by atoms with van der Waals surface area (Å²) in [5.74, 6) is 0.0677. The van der Waals surface area contributed by atoms with Gasteiger partial charge in [0.05, 0.1) is 22.1 Å². The molecule has 2 aromatic carbocycles. The van der Waals surface area contributed by atoms with E-state index in [0.29, 0.717) is 28.0 Å². The Bertz CT molecular complexity index is 737. The number of rotatable bonds is 2. The summed E-state index contributed by atoms with van der Waals surface area (Å²) in [5, 5.41) is 0. The second-order valence-corrected chi connectivity index (χ2v) is 5.15. The van der Waals surface area contributed by atoms with Crippen LogP contribution in [-0.4, -0.2) is 9.55 Å². The zero-order valence-electron chi connectivity index (χ0n) is 9.98. The summed E-state index contributed by atoms with van der Waals surface area (Å²) in [7, 11) is 0. The third-order valence-electron chi connectivity index (χ3n) is 3.00. The molecule has 0 bridgehead atoms. The van der Waals surface area contributed by atoms with Crippen LogP contribution in [0, 0.1) is 5.82 Å². The Hall–Kier alpha value is -1.88. The molecular weight excluding hydrogens is 309 g/mol. The number of fused-ring (bicyclic) bond motifs is 1. The highest BCUT2D eigenvalue weighted by Gasteiger charge is 2.11. The Morgan fingerprint density at radius 1 is 1.21 bits per heavy atom. The SMILES string of the molecule is Nc1nc2cc(Br)c(F)cc2n1Cc1ccccc1. The van der Waals surface area contributed by atoms with E-state index in [1.807, 2.05) is 30.3 Å². The minimum absolute atomic E-state index is 0.318. The lowest BCUT2D eigenvalue weighted by Gasteiger charge is -2.06. The van der Waals surface area contributed by atoms with E-state index in [9.17, 15) is 4.39 Å². The quantitative estimate of drug-likeness (QED) is 0.784. The second kappa shape index (κ2) is 4.66. The molecule has 1 aromatic heterocycles. The summed E-state index contributed by atoms with van der Waals surface area (Å²) in [4.78, 5) is 4.26. The van der Waals surface area contributed by atoms with Crippen molar-refractivity contribution in [2.45, 2.75) is 6.54 Å². The normalized spacial score (nSPS) is 11.1. The van der Waals surface area contributed by atoms with Gasteiger partial charge < -0.3 is 10.3 Å². The van der Waals surface area contributed by atoms with Crippen LogP contribution in [0.4, 0.5) is 10.3 Å². The van der Waals surface area contributed by atoms with Crippen LogP contribution >= 0.6 is 15.9 Å². The van der Waals surface area contributed by atoms with E-state index in [0.717, 1.165) is 5.56 Å². The summed E-state index contributed by atoms with van der Waals surface area (Å²) in [5.41, 5.74) is 8.39. The zero-order chi connectivity index (χ0) is 13.4. The minimum atomic E-state index is -0.318. The summed E-state index contributed by atoms with van der Waals surface area (Å²) in [6, 6.07) is 13.0. The van der Waals surface area contributed by atoms with Crippen LogP contribution in [0.5, 0.6) is 0 Å². The van der Waals surface area contributed by atoms with Crippen molar-refractivity contribution in [1.29, 1.82) is 0 Å². The predicted octanol–water partition coefficient (Wildman–Crippen LogP) is 3.57. The van der Waals surface area contributed by atoms with Crippen molar-refractivity contribution < 1.29 is 4.39 Å². The van der Waals surface area contributed by atoms with Gasteiger partial charge in [0.1, 0.15) is 5.82 Å². The van der Waals surface area contributed by atoms with Crippen molar-refractivity contribution in [2.24, 2.45) is 0 Å². The number of nitrogens with zero attached hydrogens (tertiary/aromatic N) is 2. The van der Waals surface area contributed by atoms with Crippen molar-refractivity contribution in [3.63, 3.8) is 0 Å². The average Bonchev–Trinajstić information content (AvgIpc) is 2.68. The maximum atomic E-state index is 13.6. The number of anilines is 1. The van der Waals surface area contributed by atoms with Crippen LogP contribution in [0.25, 0.3) is 11.0 Å². The summed E-state index contributed by atoms with van der Waals surface area (Å²) < 4.78 is 15.8. The van der Waals surface area contributed by atoms with E-state index in [1.165, 1.54) is 6.07 Å². The maximum Gasteiger partial charge on any atom is 0.201 e. The topological polar surface area (TPSA) is 43.8 Å². The molecule has 5 heteroatoms. The van der Waals surface area contributed by atoms with Crippen LogP contribution in [0.2, 0.25) is 0 Å². The number of hydrogen-bond donors (Lipinski definition) is 1. The standard InChI is InChI=1S/C14H11BrFN3/c15-10-6-12-13(7-11(10)16)19(14(17)18-12)8-9-4-2-1-3-5-9/h1-7H,8H2,(H2,17,18). The highest BCUT2D eigenvalue weighted by Crippen LogP contribution is 2.25. The highest BCUT2D eigenvalue weighted by atomic mass is 79.9. The Morgan fingerprint density at radius 3 is 2.68 bits per heavy atom. The van der Waals surface area contributed by atoms with Crippen LogP contribution in [0.3, 0.4) is 0 Å². The van der Waals surface area contributed by atoms with Gasteiger partial charge in [-0.1, -0.05) is 30.3 Å². The Morgan fingerprint density at radius 2 is 1.95 bits per heavy atom. The van der Waals surface area contributed by atoms with Gasteiger partial charge in [-0.2, -0.15) is 0 Å². The molecule has 0 saturated carbocycles. The summed E-state index contributed by atoms with van der Waals surface area (Å²) >= 11 is 3.15. The lowest BCUT2D eigenvalue weighted by Crippen LogP contribution is -2.04. The molecule has 2 N–H and O–H groups in total. The van der Waals surface area contributed by atoms with Gasteiger partial charge in [-0.05, 0) is 27.6 Å². The van der Waals surface area contributed by atoms with E-state index in [-0.39, 0.29) is 5.82 Å². The molecule has 0 spiro atoms. The van der Waals surface area contributed by atoms with E-state index >= 15 is 0 Å². The van der Waals surface area contributed by atoms with Crippen molar-refractivity contribution in [3.05, 3.63) is 58.3 Å². The first kappa shape index (κ1) is 12.2. The summed E-state index contributed by atoms with van der Waals surface area (Å²) in [6.45, 7) is 0.574.